The van der Waals surface area contributed by atoms with E-state index >= 15 is 0 Å². The molecule has 3 aromatic rings. The van der Waals surface area contributed by atoms with E-state index in [9.17, 15) is 4.79 Å². The molecule has 1 aliphatic heterocycles. The topological polar surface area (TPSA) is 47.6 Å². The number of hydrogen-bond donors (Lipinski definition) is 2. The van der Waals surface area contributed by atoms with Crippen molar-refractivity contribution in [3.05, 3.63) is 94.5 Å². The van der Waals surface area contributed by atoms with Crippen LogP contribution in [0.3, 0.4) is 0 Å². The van der Waals surface area contributed by atoms with E-state index in [0.717, 1.165) is 47.8 Å². The molecule has 5 nitrogen and oxygen atoms in total. The summed E-state index contributed by atoms with van der Waals surface area (Å²) in [7, 11) is 6.31. The summed E-state index contributed by atoms with van der Waals surface area (Å²) in [6, 6.07) is 23.8. The van der Waals surface area contributed by atoms with Crippen molar-refractivity contribution in [1.29, 1.82) is 0 Å². The number of fused-ring (bicyclic) bond motifs is 1. The molecule has 0 atom stereocenters. The van der Waals surface area contributed by atoms with Crippen molar-refractivity contribution < 1.29 is 4.79 Å². The molecule has 2 N–H and O–H groups in total. The Labute approximate surface area is 200 Å². The molecule has 3 aromatic carbocycles. The van der Waals surface area contributed by atoms with Crippen molar-refractivity contribution in [3.8, 4) is 0 Å². The number of carbonyl (C=O) groups excluding carboxylic acids is 1. The molecular formula is C27H29ClN4O. The first kappa shape index (κ1) is 23.1. The van der Waals surface area contributed by atoms with Crippen LogP contribution in [0.15, 0.2) is 72.8 Å². The highest BCUT2D eigenvalue weighted by Crippen LogP contribution is 2.38. The number of halogens is 1. The third-order valence-electron chi connectivity index (χ3n) is 5.64. The van der Waals surface area contributed by atoms with E-state index in [4.69, 9.17) is 11.6 Å². The average molecular weight is 461 g/mol. The van der Waals surface area contributed by atoms with Gasteiger partial charge in [-0.1, -0.05) is 60.1 Å². The predicted molar refractivity (Wildman–Crippen MR) is 138 cm³/mol. The highest BCUT2D eigenvalue weighted by molar-refractivity contribution is 6.38. The van der Waals surface area contributed by atoms with Gasteiger partial charge in [0.2, 0.25) is 0 Å². The van der Waals surface area contributed by atoms with Crippen molar-refractivity contribution >= 4 is 40.2 Å². The van der Waals surface area contributed by atoms with E-state index in [1.807, 2.05) is 42.5 Å². The lowest BCUT2D eigenvalue weighted by Crippen LogP contribution is -2.28. The minimum absolute atomic E-state index is 0.141. The summed E-state index contributed by atoms with van der Waals surface area (Å²) in [6.45, 7) is 2.92. The number of likely N-dealkylation sites (N-methyl/N-ethyl adjacent to an activating group) is 2. The molecule has 0 saturated heterocycles. The quantitative estimate of drug-likeness (QED) is 0.450. The molecule has 33 heavy (non-hydrogen) atoms. The standard InChI is InChI=1S/C27H29ClN4O/c1-31(2)15-16-32(3)18-19-9-12-22(13-10-19)29-26(20-7-5-4-6-8-20)25-23-14-11-21(28)17-24(23)30-27(25)33/h4-14,17,29H,15-16,18H2,1-3H3,(H,30,33)/b26-25-. The van der Waals surface area contributed by atoms with Gasteiger partial charge in [-0.2, -0.15) is 0 Å². The van der Waals surface area contributed by atoms with Crippen LogP contribution in [-0.4, -0.2) is 49.9 Å². The molecule has 0 unspecified atom stereocenters. The number of hydrogen-bond acceptors (Lipinski definition) is 4. The van der Waals surface area contributed by atoms with E-state index < -0.39 is 0 Å². The molecular weight excluding hydrogens is 432 g/mol. The minimum Gasteiger partial charge on any atom is -0.354 e. The van der Waals surface area contributed by atoms with Crippen LogP contribution in [0, 0.1) is 0 Å². The van der Waals surface area contributed by atoms with Gasteiger partial charge in [0.15, 0.2) is 0 Å². The normalized spacial score (nSPS) is 14.4. The summed E-state index contributed by atoms with van der Waals surface area (Å²) in [5, 5.41) is 7.05. The molecule has 0 aliphatic carbocycles. The number of anilines is 2. The summed E-state index contributed by atoms with van der Waals surface area (Å²) in [4.78, 5) is 17.5. The zero-order valence-electron chi connectivity index (χ0n) is 19.2. The van der Waals surface area contributed by atoms with Gasteiger partial charge < -0.3 is 20.4 Å². The zero-order valence-corrected chi connectivity index (χ0v) is 20.0. The molecule has 0 bridgehead atoms. The number of nitrogens with one attached hydrogen (secondary N) is 2. The highest BCUT2D eigenvalue weighted by Gasteiger charge is 2.28. The van der Waals surface area contributed by atoms with Crippen LogP contribution in [0.1, 0.15) is 16.7 Å². The van der Waals surface area contributed by atoms with Crippen molar-refractivity contribution in [2.75, 3.05) is 44.9 Å². The first-order valence-corrected chi connectivity index (χ1v) is 11.4. The van der Waals surface area contributed by atoms with Gasteiger partial charge in [-0.25, -0.2) is 0 Å². The maximum atomic E-state index is 13.0. The molecule has 0 aromatic heterocycles. The second kappa shape index (κ2) is 10.2. The van der Waals surface area contributed by atoms with Crippen molar-refractivity contribution in [1.82, 2.24) is 9.80 Å². The number of carbonyl (C=O) groups is 1. The van der Waals surface area contributed by atoms with Gasteiger partial charge in [0.1, 0.15) is 0 Å². The summed E-state index contributed by atoms with van der Waals surface area (Å²) in [5.41, 5.74) is 6.07. The van der Waals surface area contributed by atoms with E-state index in [0.29, 0.717) is 10.6 Å². The highest BCUT2D eigenvalue weighted by atomic mass is 35.5. The molecule has 1 heterocycles. The van der Waals surface area contributed by atoms with Crippen LogP contribution < -0.4 is 10.6 Å². The van der Waals surface area contributed by atoms with Gasteiger partial charge >= 0.3 is 0 Å². The van der Waals surface area contributed by atoms with Crippen LogP contribution >= 0.6 is 11.6 Å². The monoisotopic (exact) mass is 460 g/mol. The summed E-state index contributed by atoms with van der Waals surface area (Å²) in [6.07, 6.45) is 0. The molecule has 0 spiro atoms. The van der Waals surface area contributed by atoms with Crippen molar-refractivity contribution in [2.24, 2.45) is 0 Å². The van der Waals surface area contributed by atoms with Crippen LogP contribution in [-0.2, 0) is 11.3 Å². The Balaban J connectivity index is 1.62. The van der Waals surface area contributed by atoms with Gasteiger partial charge in [-0.05, 0) is 56.5 Å². The Hall–Kier alpha value is -3.12. The van der Waals surface area contributed by atoms with Crippen LogP contribution in [0.5, 0.6) is 0 Å². The minimum atomic E-state index is -0.141. The van der Waals surface area contributed by atoms with Gasteiger partial charge in [0.25, 0.3) is 5.91 Å². The van der Waals surface area contributed by atoms with E-state index in [1.54, 1.807) is 6.07 Å². The summed E-state index contributed by atoms with van der Waals surface area (Å²) < 4.78 is 0. The summed E-state index contributed by atoms with van der Waals surface area (Å²) >= 11 is 6.14. The SMILES string of the molecule is CN(C)CCN(C)Cc1ccc(N/C(=C2\C(=O)Nc3cc(Cl)ccc32)c2ccccc2)cc1. The molecule has 170 valence electrons. The maximum absolute atomic E-state index is 13.0. The molecule has 4 rings (SSSR count). The van der Waals surface area contributed by atoms with Crippen molar-refractivity contribution in [3.63, 3.8) is 0 Å². The zero-order chi connectivity index (χ0) is 23.4. The molecule has 1 amide bonds. The first-order valence-electron chi connectivity index (χ1n) is 11.0. The van der Waals surface area contributed by atoms with Gasteiger partial charge in [-0.3, -0.25) is 4.79 Å². The first-order chi connectivity index (χ1) is 15.9. The predicted octanol–water partition coefficient (Wildman–Crippen LogP) is 5.27. The number of rotatable bonds is 8. The van der Waals surface area contributed by atoms with Gasteiger partial charge in [0.05, 0.1) is 17.0 Å². The fraction of sp³-hybridized carbons (Fsp3) is 0.222. The van der Waals surface area contributed by atoms with E-state index in [2.05, 4.69) is 65.8 Å². The molecule has 0 radical (unpaired) electrons. The lowest BCUT2D eigenvalue weighted by atomic mass is 10.00. The maximum Gasteiger partial charge on any atom is 0.258 e. The average Bonchev–Trinajstić information content (AvgIpc) is 3.12. The Bertz CT molecular complexity index is 1160. The Morgan fingerprint density at radius 1 is 0.939 bits per heavy atom. The van der Waals surface area contributed by atoms with Crippen LogP contribution in [0.4, 0.5) is 11.4 Å². The second-order valence-corrected chi connectivity index (χ2v) is 9.06. The number of benzene rings is 3. The molecule has 1 aliphatic rings. The van der Waals surface area contributed by atoms with E-state index in [1.165, 1.54) is 5.56 Å². The molecule has 0 saturated carbocycles. The smallest absolute Gasteiger partial charge is 0.258 e. The lowest BCUT2D eigenvalue weighted by molar-refractivity contribution is -0.110. The van der Waals surface area contributed by atoms with E-state index in [-0.39, 0.29) is 5.91 Å². The number of amides is 1. The Kier molecular flexibility index (Phi) is 7.14. The Morgan fingerprint density at radius 2 is 1.67 bits per heavy atom. The lowest BCUT2D eigenvalue weighted by Gasteiger charge is -2.20. The van der Waals surface area contributed by atoms with Crippen LogP contribution in [0.2, 0.25) is 5.02 Å². The Morgan fingerprint density at radius 3 is 2.36 bits per heavy atom. The third kappa shape index (κ3) is 5.63. The largest absolute Gasteiger partial charge is 0.354 e. The fourth-order valence-electron chi connectivity index (χ4n) is 3.88. The van der Waals surface area contributed by atoms with Gasteiger partial charge in [-0.15, -0.1) is 0 Å². The van der Waals surface area contributed by atoms with Gasteiger partial charge in [0, 0.05) is 35.9 Å². The number of nitrogens with zero attached hydrogens (tertiary/aromatic N) is 2. The second-order valence-electron chi connectivity index (χ2n) is 8.62. The molecule has 0 fully saturated rings. The third-order valence-corrected chi connectivity index (χ3v) is 5.88. The van der Waals surface area contributed by atoms with Crippen LogP contribution in [0.25, 0.3) is 11.3 Å². The van der Waals surface area contributed by atoms with Crippen molar-refractivity contribution in [2.45, 2.75) is 6.54 Å². The summed E-state index contributed by atoms with van der Waals surface area (Å²) in [5.74, 6) is -0.141. The molecule has 6 heteroatoms. The fourth-order valence-corrected chi connectivity index (χ4v) is 4.05.